The first-order valence-electron chi connectivity index (χ1n) is 26.4. The van der Waals surface area contributed by atoms with Crippen LogP contribution in [0.4, 0.5) is 0 Å². The number of aliphatic hydroxyl groups excluding tert-OH is 2. The van der Waals surface area contributed by atoms with Crippen LogP contribution in [0.15, 0.2) is 12.2 Å². The lowest BCUT2D eigenvalue weighted by atomic mass is 10.0. The average Bonchev–Trinajstić information content (AvgIpc) is 3.22. The van der Waals surface area contributed by atoms with Crippen molar-refractivity contribution in [3.8, 4) is 0 Å². The number of hydrogen-bond acceptors (Lipinski definition) is 3. The summed E-state index contributed by atoms with van der Waals surface area (Å²) in [6.07, 6.45) is 63.2. The van der Waals surface area contributed by atoms with E-state index < -0.39 is 12.1 Å². The zero-order valence-corrected chi connectivity index (χ0v) is 39.1. The highest BCUT2D eigenvalue weighted by molar-refractivity contribution is 5.76. The molecule has 57 heavy (non-hydrogen) atoms. The van der Waals surface area contributed by atoms with E-state index in [1.807, 2.05) is 0 Å². The number of unbranched alkanes of at least 4 members (excludes halogenated alkanes) is 40. The number of allylic oxidation sites excluding steroid dienone is 2. The molecule has 0 fully saturated rings. The minimum atomic E-state index is -0.658. The summed E-state index contributed by atoms with van der Waals surface area (Å²) in [5.41, 5.74) is 0. The van der Waals surface area contributed by atoms with E-state index in [2.05, 4.69) is 31.3 Å². The molecule has 0 saturated carbocycles. The van der Waals surface area contributed by atoms with Gasteiger partial charge in [-0.1, -0.05) is 270 Å². The lowest BCUT2D eigenvalue weighted by Crippen LogP contribution is -2.45. The molecule has 2 unspecified atom stereocenters. The Morgan fingerprint density at radius 1 is 0.404 bits per heavy atom. The van der Waals surface area contributed by atoms with Gasteiger partial charge in [0.2, 0.25) is 5.91 Å². The van der Waals surface area contributed by atoms with Crippen molar-refractivity contribution in [2.45, 2.75) is 315 Å². The summed E-state index contributed by atoms with van der Waals surface area (Å²) in [7, 11) is 0. The van der Waals surface area contributed by atoms with Crippen molar-refractivity contribution in [2.24, 2.45) is 0 Å². The van der Waals surface area contributed by atoms with Crippen LogP contribution in [0.1, 0.15) is 303 Å². The van der Waals surface area contributed by atoms with Crippen molar-refractivity contribution >= 4 is 5.91 Å². The molecule has 1 amide bonds. The van der Waals surface area contributed by atoms with E-state index in [1.165, 1.54) is 250 Å². The molecule has 0 aromatic rings. The SMILES string of the molecule is CCCCCCCCCC/C=C\CCCCCCCCCCCC(=O)NC(CO)C(O)CCCCCCCCCCCCCCCCCCCCCCCCCC. The zero-order chi connectivity index (χ0) is 41.4. The van der Waals surface area contributed by atoms with Gasteiger partial charge in [0, 0.05) is 6.42 Å². The van der Waals surface area contributed by atoms with Crippen LogP contribution in [0.2, 0.25) is 0 Å². The van der Waals surface area contributed by atoms with Gasteiger partial charge in [0.25, 0.3) is 0 Å². The van der Waals surface area contributed by atoms with E-state index in [1.54, 1.807) is 0 Å². The molecule has 0 aliphatic heterocycles. The third-order valence-electron chi connectivity index (χ3n) is 12.5. The van der Waals surface area contributed by atoms with Gasteiger partial charge in [0.1, 0.15) is 0 Å². The Kier molecular flexibility index (Phi) is 48.7. The summed E-state index contributed by atoms with van der Waals surface area (Å²) in [6.45, 7) is 4.39. The van der Waals surface area contributed by atoms with E-state index in [0.29, 0.717) is 12.8 Å². The van der Waals surface area contributed by atoms with Crippen LogP contribution in [0.3, 0.4) is 0 Å². The highest BCUT2D eigenvalue weighted by Gasteiger charge is 2.20. The van der Waals surface area contributed by atoms with Crippen LogP contribution in [0.25, 0.3) is 0 Å². The number of rotatable bonds is 49. The molecule has 0 heterocycles. The lowest BCUT2D eigenvalue weighted by Gasteiger charge is -2.22. The molecule has 2 atom stereocenters. The maximum atomic E-state index is 12.5. The zero-order valence-electron chi connectivity index (χ0n) is 39.1. The molecule has 0 aromatic carbocycles. The predicted molar refractivity (Wildman–Crippen MR) is 253 cm³/mol. The molecule has 0 rings (SSSR count). The van der Waals surface area contributed by atoms with Crippen LogP contribution >= 0.6 is 0 Å². The smallest absolute Gasteiger partial charge is 0.220 e. The Hall–Kier alpha value is -0.870. The third kappa shape index (κ3) is 46.1. The summed E-state index contributed by atoms with van der Waals surface area (Å²) in [4.78, 5) is 12.5. The summed E-state index contributed by atoms with van der Waals surface area (Å²) < 4.78 is 0. The van der Waals surface area contributed by atoms with Gasteiger partial charge in [-0.25, -0.2) is 0 Å². The molecule has 0 saturated heterocycles. The van der Waals surface area contributed by atoms with Gasteiger partial charge in [-0.15, -0.1) is 0 Å². The molecule has 4 nitrogen and oxygen atoms in total. The molecule has 3 N–H and O–H groups in total. The number of hydrogen-bond donors (Lipinski definition) is 3. The van der Waals surface area contributed by atoms with Gasteiger partial charge >= 0.3 is 0 Å². The summed E-state index contributed by atoms with van der Waals surface area (Å²) in [6, 6.07) is -0.535. The van der Waals surface area contributed by atoms with Gasteiger partial charge in [0.05, 0.1) is 18.8 Å². The monoisotopic (exact) mass is 804 g/mol. The fourth-order valence-corrected chi connectivity index (χ4v) is 8.48. The van der Waals surface area contributed by atoms with Crippen LogP contribution in [0, 0.1) is 0 Å². The van der Waals surface area contributed by atoms with Gasteiger partial charge in [-0.3, -0.25) is 4.79 Å². The highest BCUT2D eigenvalue weighted by atomic mass is 16.3. The van der Waals surface area contributed by atoms with Crippen molar-refractivity contribution in [2.75, 3.05) is 6.61 Å². The van der Waals surface area contributed by atoms with Crippen molar-refractivity contribution in [1.29, 1.82) is 0 Å². The van der Waals surface area contributed by atoms with E-state index >= 15 is 0 Å². The summed E-state index contributed by atoms with van der Waals surface area (Å²) >= 11 is 0. The van der Waals surface area contributed by atoms with E-state index in [0.717, 1.165) is 25.7 Å². The number of amides is 1. The molecule has 4 heteroatoms. The molecule has 0 aliphatic rings. The van der Waals surface area contributed by atoms with Crippen molar-refractivity contribution in [1.82, 2.24) is 5.32 Å². The standard InChI is InChI=1S/C53H105NO3/c1-3-5-7-9-11-13-15-17-19-21-23-25-26-27-29-30-32-34-36-38-40-42-44-46-48-52(56)51(50-55)54-53(57)49-47-45-43-41-39-37-35-33-31-28-24-22-20-18-16-14-12-10-8-6-4-2/h22,24,51-52,55-56H,3-21,23,25-50H2,1-2H3,(H,54,57)/b24-22-. The van der Waals surface area contributed by atoms with Crippen LogP contribution in [-0.2, 0) is 4.79 Å². The summed E-state index contributed by atoms with van der Waals surface area (Å²) in [5, 5.41) is 23.3. The molecule has 340 valence electrons. The number of aliphatic hydroxyl groups is 2. The molecule has 0 aliphatic carbocycles. The Morgan fingerprint density at radius 3 is 0.965 bits per heavy atom. The van der Waals surface area contributed by atoms with E-state index in [9.17, 15) is 15.0 Å². The Bertz CT molecular complexity index is 784. The maximum absolute atomic E-state index is 12.5. The van der Waals surface area contributed by atoms with E-state index in [-0.39, 0.29) is 12.5 Å². The third-order valence-corrected chi connectivity index (χ3v) is 12.5. The first-order chi connectivity index (χ1) is 28.2. The quantitative estimate of drug-likeness (QED) is 0.0424. The van der Waals surface area contributed by atoms with Crippen molar-refractivity contribution in [3.63, 3.8) is 0 Å². The minimum Gasteiger partial charge on any atom is -0.394 e. The highest BCUT2D eigenvalue weighted by Crippen LogP contribution is 2.17. The molecule has 0 radical (unpaired) electrons. The van der Waals surface area contributed by atoms with E-state index in [4.69, 9.17) is 0 Å². The molecule has 0 spiro atoms. The first kappa shape index (κ1) is 56.1. The number of nitrogens with one attached hydrogen (secondary N) is 1. The second-order valence-corrected chi connectivity index (χ2v) is 18.3. The molecular weight excluding hydrogens is 699 g/mol. The van der Waals surface area contributed by atoms with Crippen molar-refractivity contribution in [3.05, 3.63) is 12.2 Å². The summed E-state index contributed by atoms with van der Waals surface area (Å²) in [5.74, 6) is -0.0282. The maximum Gasteiger partial charge on any atom is 0.220 e. The Labute approximate surface area is 358 Å². The normalized spacial score (nSPS) is 12.8. The second kappa shape index (κ2) is 49.5. The van der Waals surface area contributed by atoms with Crippen LogP contribution < -0.4 is 5.32 Å². The predicted octanol–water partition coefficient (Wildman–Crippen LogP) is 17.0. The van der Waals surface area contributed by atoms with Gasteiger partial charge in [-0.2, -0.15) is 0 Å². The van der Waals surface area contributed by atoms with Crippen LogP contribution in [0.5, 0.6) is 0 Å². The lowest BCUT2D eigenvalue weighted by molar-refractivity contribution is -0.123. The number of carbonyl (C=O) groups is 1. The second-order valence-electron chi connectivity index (χ2n) is 18.3. The number of carbonyl (C=O) groups excluding carboxylic acids is 1. The van der Waals surface area contributed by atoms with Gasteiger partial charge in [0.15, 0.2) is 0 Å². The average molecular weight is 804 g/mol. The first-order valence-corrected chi connectivity index (χ1v) is 26.4. The fourth-order valence-electron chi connectivity index (χ4n) is 8.48. The Morgan fingerprint density at radius 2 is 0.667 bits per heavy atom. The fraction of sp³-hybridized carbons (Fsp3) is 0.943. The van der Waals surface area contributed by atoms with Crippen molar-refractivity contribution < 1.29 is 15.0 Å². The van der Waals surface area contributed by atoms with Gasteiger partial charge < -0.3 is 15.5 Å². The van der Waals surface area contributed by atoms with Gasteiger partial charge in [-0.05, 0) is 38.5 Å². The molecular formula is C53H105NO3. The Balaban J connectivity index is 3.44. The topological polar surface area (TPSA) is 69.6 Å². The van der Waals surface area contributed by atoms with Crippen LogP contribution in [-0.4, -0.2) is 34.9 Å². The molecule has 0 bridgehead atoms. The largest absolute Gasteiger partial charge is 0.394 e. The molecule has 0 aromatic heterocycles. The minimum absolute atomic E-state index is 0.0282.